The van der Waals surface area contributed by atoms with Gasteiger partial charge in [-0.05, 0) is 61.1 Å². The van der Waals surface area contributed by atoms with Gasteiger partial charge < -0.3 is 15.0 Å². The van der Waals surface area contributed by atoms with Crippen molar-refractivity contribution in [2.24, 2.45) is 5.92 Å². The number of rotatable bonds is 4. The van der Waals surface area contributed by atoms with Crippen molar-refractivity contribution >= 4 is 17.5 Å². The Bertz CT molecular complexity index is 909. The Labute approximate surface area is 165 Å². The fourth-order valence-corrected chi connectivity index (χ4v) is 3.35. The minimum Gasteiger partial charge on any atom is -0.497 e. The van der Waals surface area contributed by atoms with Gasteiger partial charge in [-0.15, -0.1) is 0 Å². The molecule has 0 saturated carbocycles. The number of amides is 2. The van der Waals surface area contributed by atoms with E-state index in [1.165, 1.54) is 0 Å². The summed E-state index contributed by atoms with van der Waals surface area (Å²) in [5, 5.41) is 2.97. The number of likely N-dealkylation sites (tertiary alicyclic amines) is 1. The largest absolute Gasteiger partial charge is 0.497 e. The van der Waals surface area contributed by atoms with Crippen LogP contribution in [0.4, 0.5) is 5.69 Å². The fraction of sp³-hybridized carbons (Fsp3) is 0.304. The summed E-state index contributed by atoms with van der Waals surface area (Å²) in [4.78, 5) is 26.2. The molecule has 144 valence electrons. The maximum absolute atomic E-state index is 12.6. The monoisotopic (exact) mass is 376 g/mol. The van der Waals surface area contributed by atoms with Crippen LogP contribution in [-0.4, -0.2) is 36.9 Å². The van der Waals surface area contributed by atoms with Crippen molar-refractivity contribution in [2.45, 2.75) is 19.8 Å². The molecule has 1 heterocycles. The molecule has 5 heteroatoms. The first-order chi connectivity index (χ1) is 13.6. The highest BCUT2D eigenvalue weighted by molar-refractivity contribution is 5.96. The number of hydrogen-bond acceptors (Lipinski definition) is 3. The van der Waals surface area contributed by atoms with Crippen LogP contribution in [0.3, 0.4) is 0 Å². The molecule has 1 unspecified atom stereocenters. The smallest absolute Gasteiger partial charge is 0.298 e. The van der Waals surface area contributed by atoms with Gasteiger partial charge in [0.15, 0.2) is 0 Å². The number of methoxy groups -OCH3 is 1. The Morgan fingerprint density at radius 2 is 1.93 bits per heavy atom. The Morgan fingerprint density at radius 1 is 1.14 bits per heavy atom. The number of anilines is 1. The number of carbonyl (C=O) groups excluding carboxylic acids is 2. The van der Waals surface area contributed by atoms with Gasteiger partial charge in [0.2, 0.25) is 5.91 Å². The summed E-state index contributed by atoms with van der Waals surface area (Å²) in [5.74, 6) is 5.50. The summed E-state index contributed by atoms with van der Waals surface area (Å²) in [6, 6.07) is 15.6. The van der Waals surface area contributed by atoms with E-state index in [4.69, 9.17) is 4.74 Å². The second-order valence-electron chi connectivity index (χ2n) is 6.76. The zero-order chi connectivity index (χ0) is 19.9. The lowest BCUT2D eigenvalue weighted by Crippen LogP contribution is -2.43. The molecule has 0 spiro atoms. The highest BCUT2D eigenvalue weighted by Gasteiger charge is 2.27. The molecule has 1 N–H and O–H groups in total. The number of carbonyl (C=O) groups is 2. The summed E-state index contributed by atoms with van der Waals surface area (Å²) in [5.41, 5.74) is 2.84. The van der Waals surface area contributed by atoms with Crippen LogP contribution in [0.15, 0.2) is 48.5 Å². The van der Waals surface area contributed by atoms with Crippen molar-refractivity contribution in [3.8, 4) is 28.7 Å². The minimum absolute atomic E-state index is 0.0592. The van der Waals surface area contributed by atoms with Gasteiger partial charge in [-0.1, -0.05) is 30.2 Å². The van der Waals surface area contributed by atoms with E-state index >= 15 is 0 Å². The van der Waals surface area contributed by atoms with E-state index in [1.54, 1.807) is 18.9 Å². The average molecular weight is 376 g/mol. The van der Waals surface area contributed by atoms with Crippen LogP contribution in [0.5, 0.6) is 5.75 Å². The Hall–Kier alpha value is -3.26. The summed E-state index contributed by atoms with van der Waals surface area (Å²) in [7, 11) is 1.65. The molecule has 1 aliphatic heterocycles. The molecule has 0 bridgehead atoms. The maximum atomic E-state index is 12.6. The first-order valence-corrected chi connectivity index (χ1v) is 9.37. The van der Waals surface area contributed by atoms with E-state index in [9.17, 15) is 9.59 Å². The maximum Gasteiger partial charge on any atom is 0.298 e. The third-order valence-corrected chi connectivity index (χ3v) is 4.87. The molecule has 0 aromatic heterocycles. The summed E-state index contributed by atoms with van der Waals surface area (Å²) < 4.78 is 5.27. The number of hydrogen-bond donors (Lipinski definition) is 1. The van der Waals surface area contributed by atoms with E-state index in [0.717, 1.165) is 35.4 Å². The van der Waals surface area contributed by atoms with Gasteiger partial charge >= 0.3 is 0 Å². The topological polar surface area (TPSA) is 58.6 Å². The first kappa shape index (κ1) is 19.5. The molecule has 0 radical (unpaired) electrons. The van der Waals surface area contributed by atoms with Crippen LogP contribution in [0.2, 0.25) is 0 Å². The number of benzene rings is 2. The van der Waals surface area contributed by atoms with E-state index < -0.39 is 0 Å². The van der Waals surface area contributed by atoms with Crippen LogP contribution in [0.25, 0.3) is 11.1 Å². The van der Waals surface area contributed by atoms with Crippen molar-refractivity contribution in [2.75, 3.05) is 25.5 Å². The summed E-state index contributed by atoms with van der Waals surface area (Å²) in [6.07, 6.45) is 1.58. The standard InChI is InChI=1S/C23H24N2O3/c1-3-6-22(26)25-14-5-8-19(16-25)23(27)24-20-12-10-17(11-13-20)18-7-4-9-21(15-18)28-2/h4,7,9-13,15,19H,5,8,14,16H2,1-2H3,(H,24,27). The zero-order valence-electron chi connectivity index (χ0n) is 16.2. The summed E-state index contributed by atoms with van der Waals surface area (Å²) >= 11 is 0. The predicted octanol–water partition coefficient (Wildman–Crippen LogP) is 3.56. The lowest BCUT2D eigenvalue weighted by molar-refractivity contribution is -0.129. The van der Waals surface area contributed by atoms with Crippen LogP contribution < -0.4 is 10.1 Å². The molecule has 1 atom stereocenters. The Balaban J connectivity index is 1.64. The minimum atomic E-state index is -0.214. The van der Waals surface area contributed by atoms with Gasteiger partial charge in [0.05, 0.1) is 13.0 Å². The van der Waals surface area contributed by atoms with Gasteiger partial charge in [0, 0.05) is 18.8 Å². The SMILES string of the molecule is CC#CC(=O)N1CCCC(C(=O)Nc2ccc(-c3cccc(OC)c3)cc2)C1. The number of nitrogens with one attached hydrogen (secondary N) is 1. The van der Waals surface area contributed by atoms with Crippen molar-refractivity contribution < 1.29 is 14.3 Å². The lowest BCUT2D eigenvalue weighted by atomic mass is 9.97. The Kier molecular flexibility index (Phi) is 6.33. The van der Waals surface area contributed by atoms with Crippen LogP contribution in [0.1, 0.15) is 19.8 Å². The highest BCUT2D eigenvalue weighted by atomic mass is 16.5. The van der Waals surface area contributed by atoms with Gasteiger partial charge in [-0.3, -0.25) is 9.59 Å². The lowest BCUT2D eigenvalue weighted by Gasteiger charge is -2.30. The van der Waals surface area contributed by atoms with Crippen molar-refractivity contribution in [1.82, 2.24) is 4.90 Å². The van der Waals surface area contributed by atoms with Crippen molar-refractivity contribution in [3.05, 3.63) is 48.5 Å². The molecule has 2 aromatic carbocycles. The van der Waals surface area contributed by atoms with Crippen LogP contribution >= 0.6 is 0 Å². The Morgan fingerprint density at radius 3 is 2.64 bits per heavy atom. The molecule has 5 nitrogen and oxygen atoms in total. The second-order valence-corrected chi connectivity index (χ2v) is 6.76. The number of piperidine rings is 1. The number of ether oxygens (including phenoxy) is 1. The van der Waals surface area contributed by atoms with E-state index in [0.29, 0.717) is 13.1 Å². The normalized spacial score (nSPS) is 15.9. The molecule has 28 heavy (non-hydrogen) atoms. The summed E-state index contributed by atoms with van der Waals surface area (Å²) in [6.45, 7) is 2.72. The fourth-order valence-electron chi connectivity index (χ4n) is 3.35. The highest BCUT2D eigenvalue weighted by Crippen LogP contribution is 2.25. The predicted molar refractivity (Wildman–Crippen MR) is 110 cm³/mol. The molecule has 1 fully saturated rings. The molecule has 2 aromatic rings. The van der Waals surface area contributed by atoms with Crippen LogP contribution in [-0.2, 0) is 9.59 Å². The van der Waals surface area contributed by atoms with Gasteiger partial charge in [0.25, 0.3) is 5.91 Å². The molecule has 1 aliphatic rings. The third kappa shape index (κ3) is 4.72. The average Bonchev–Trinajstić information content (AvgIpc) is 2.74. The molecular formula is C23H24N2O3. The van der Waals surface area contributed by atoms with Crippen molar-refractivity contribution in [1.29, 1.82) is 0 Å². The molecule has 2 amide bonds. The van der Waals surface area contributed by atoms with Gasteiger partial charge in [-0.2, -0.15) is 0 Å². The second kappa shape index (κ2) is 9.09. The number of nitrogens with zero attached hydrogens (tertiary/aromatic N) is 1. The van der Waals surface area contributed by atoms with Crippen molar-refractivity contribution in [3.63, 3.8) is 0 Å². The molecule has 1 saturated heterocycles. The first-order valence-electron chi connectivity index (χ1n) is 9.37. The van der Waals surface area contributed by atoms with Crippen LogP contribution in [0, 0.1) is 17.8 Å². The molecule has 0 aliphatic carbocycles. The quantitative estimate of drug-likeness (QED) is 0.830. The van der Waals surface area contributed by atoms with Gasteiger partial charge in [0.1, 0.15) is 5.75 Å². The van der Waals surface area contributed by atoms with Gasteiger partial charge in [-0.25, -0.2) is 0 Å². The third-order valence-electron chi connectivity index (χ3n) is 4.87. The zero-order valence-corrected chi connectivity index (χ0v) is 16.2. The molecular weight excluding hydrogens is 352 g/mol. The van der Waals surface area contributed by atoms with E-state index in [1.807, 2.05) is 48.5 Å². The van der Waals surface area contributed by atoms with E-state index in [2.05, 4.69) is 17.2 Å². The molecule has 3 rings (SSSR count). The van der Waals surface area contributed by atoms with E-state index in [-0.39, 0.29) is 17.7 Å².